The van der Waals surface area contributed by atoms with Crippen LogP contribution < -0.4 is 5.32 Å². The van der Waals surface area contributed by atoms with Crippen LogP contribution in [0.25, 0.3) is 0 Å². The van der Waals surface area contributed by atoms with E-state index in [1.165, 1.54) is 17.5 Å². The number of rotatable bonds is 3. The smallest absolute Gasteiger partial charge is 0.272 e. The first kappa shape index (κ1) is 16.4. The maximum Gasteiger partial charge on any atom is 0.272 e. The maximum absolute atomic E-state index is 12.7. The lowest BCUT2D eigenvalue weighted by Crippen LogP contribution is -2.39. The summed E-state index contributed by atoms with van der Waals surface area (Å²) < 4.78 is 0. The Morgan fingerprint density at radius 2 is 2.08 bits per heavy atom. The summed E-state index contributed by atoms with van der Waals surface area (Å²) in [5, 5.41) is 3.19. The summed E-state index contributed by atoms with van der Waals surface area (Å²) in [6.07, 6.45) is 3.88. The molecule has 1 saturated heterocycles. The van der Waals surface area contributed by atoms with Crippen molar-refractivity contribution in [2.45, 2.75) is 33.6 Å². The number of hydrogen-bond donors (Lipinski definition) is 1. The molecular formula is C19H24N4O. The topological polar surface area (TPSA) is 58.1 Å². The molecule has 126 valence electrons. The summed E-state index contributed by atoms with van der Waals surface area (Å²) in [5.41, 5.74) is 3.82. The molecule has 1 aromatic carbocycles. The SMILES string of the molecule is Cc1ccc(Nc2nccc(C(=O)N3CCCC(C)C3)n2)cc1C. The highest BCUT2D eigenvalue weighted by molar-refractivity contribution is 5.92. The molecule has 1 N–H and O–H groups in total. The number of piperidine rings is 1. The molecular weight excluding hydrogens is 300 g/mol. The number of hydrogen-bond acceptors (Lipinski definition) is 4. The Kier molecular flexibility index (Phi) is 4.79. The van der Waals surface area contributed by atoms with Crippen molar-refractivity contribution in [1.82, 2.24) is 14.9 Å². The molecule has 0 radical (unpaired) electrons. The predicted molar refractivity (Wildman–Crippen MR) is 95.5 cm³/mol. The fourth-order valence-electron chi connectivity index (χ4n) is 3.02. The van der Waals surface area contributed by atoms with Crippen LogP contribution in [-0.4, -0.2) is 33.9 Å². The Bertz CT molecular complexity index is 744. The number of nitrogens with zero attached hydrogens (tertiary/aromatic N) is 3. The van der Waals surface area contributed by atoms with Crippen molar-refractivity contribution in [3.05, 3.63) is 47.3 Å². The van der Waals surface area contributed by atoms with Gasteiger partial charge >= 0.3 is 0 Å². The van der Waals surface area contributed by atoms with E-state index >= 15 is 0 Å². The van der Waals surface area contributed by atoms with Crippen molar-refractivity contribution < 1.29 is 4.79 Å². The quantitative estimate of drug-likeness (QED) is 0.935. The Balaban J connectivity index is 1.76. The molecule has 1 atom stereocenters. The summed E-state index contributed by atoms with van der Waals surface area (Å²) >= 11 is 0. The van der Waals surface area contributed by atoms with Gasteiger partial charge in [-0.2, -0.15) is 0 Å². The van der Waals surface area contributed by atoms with Gasteiger partial charge < -0.3 is 10.2 Å². The summed E-state index contributed by atoms with van der Waals surface area (Å²) in [4.78, 5) is 23.2. The van der Waals surface area contributed by atoms with Crippen LogP contribution in [0.4, 0.5) is 11.6 Å². The van der Waals surface area contributed by atoms with Gasteiger partial charge in [0, 0.05) is 25.0 Å². The van der Waals surface area contributed by atoms with Crippen molar-refractivity contribution in [3.63, 3.8) is 0 Å². The lowest BCUT2D eigenvalue weighted by atomic mass is 10.00. The van der Waals surface area contributed by atoms with E-state index in [9.17, 15) is 4.79 Å². The average Bonchev–Trinajstić information content (AvgIpc) is 2.58. The summed E-state index contributed by atoms with van der Waals surface area (Å²) in [7, 11) is 0. The van der Waals surface area contributed by atoms with E-state index in [1.54, 1.807) is 12.3 Å². The van der Waals surface area contributed by atoms with E-state index in [-0.39, 0.29) is 5.91 Å². The second-order valence-corrected chi connectivity index (χ2v) is 6.69. The maximum atomic E-state index is 12.7. The predicted octanol–water partition coefficient (Wildman–Crippen LogP) is 3.71. The van der Waals surface area contributed by atoms with Crippen molar-refractivity contribution in [1.29, 1.82) is 0 Å². The monoisotopic (exact) mass is 324 g/mol. The summed E-state index contributed by atoms with van der Waals surface area (Å²) in [5.74, 6) is 0.999. The Labute approximate surface area is 143 Å². The number of carbonyl (C=O) groups is 1. The van der Waals surface area contributed by atoms with Crippen molar-refractivity contribution >= 4 is 17.5 Å². The molecule has 0 aliphatic carbocycles. The van der Waals surface area contributed by atoms with Crippen LogP contribution >= 0.6 is 0 Å². The van der Waals surface area contributed by atoms with Gasteiger partial charge in [-0.15, -0.1) is 0 Å². The molecule has 24 heavy (non-hydrogen) atoms. The van der Waals surface area contributed by atoms with Gasteiger partial charge in [0.1, 0.15) is 5.69 Å². The first-order valence-corrected chi connectivity index (χ1v) is 8.49. The second kappa shape index (κ2) is 6.99. The second-order valence-electron chi connectivity index (χ2n) is 6.69. The molecule has 2 heterocycles. The van der Waals surface area contributed by atoms with Crippen molar-refractivity contribution in [3.8, 4) is 0 Å². The molecule has 1 amide bonds. The highest BCUT2D eigenvalue weighted by Gasteiger charge is 2.23. The molecule has 1 fully saturated rings. The first-order chi connectivity index (χ1) is 11.5. The minimum Gasteiger partial charge on any atom is -0.337 e. The van der Waals surface area contributed by atoms with Gasteiger partial charge in [0.25, 0.3) is 5.91 Å². The van der Waals surface area contributed by atoms with Crippen LogP contribution in [0.5, 0.6) is 0 Å². The van der Waals surface area contributed by atoms with Crippen LogP contribution in [0, 0.1) is 19.8 Å². The van der Waals surface area contributed by atoms with Crippen molar-refractivity contribution in [2.75, 3.05) is 18.4 Å². The van der Waals surface area contributed by atoms with Gasteiger partial charge in [-0.3, -0.25) is 4.79 Å². The van der Waals surface area contributed by atoms with Crippen LogP contribution in [0.2, 0.25) is 0 Å². The fourth-order valence-corrected chi connectivity index (χ4v) is 3.02. The average molecular weight is 324 g/mol. The molecule has 5 nitrogen and oxygen atoms in total. The van der Waals surface area contributed by atoms with Crippen LogP contribution in [0.3, 0.4) is 0 Å². The van der Waals surface area contributed by atoms with E-state index in [1.807, 2.05) is 11.0 Å². The molecule has 0 spiro atoms. The third-order valence-electron chi connectivity index (χ3n) is 4.58. The van der Waals surface area contributed by atoms with E-state index < -0.39 is 0 Å². The zero-order valence-electron chi connectivity index (χ0n) is 14.5. The minimum absolute atomic E-state index is 0.00733. The Morgan fingerprint density at radius 1 is 1.25 bits per heavy atom. The molecule has 0 bridgehead atoms. The number of aromatic nitrogens is 2. The first-order valence-electron chi connectivity index (χ1n) is 8.49. The van der Waals surface area contributed by atoms with Gasteiger partial charge in [-0.1, -0.05) is 13.0 Å². The Morgan fingerprint density at radius 3 is 2.83 bits per heavy atom. The highest BCUT2D eigenvalue weighted by atomic mass is 16.2. The number of amides is 1. The number of carbonyl (C=O) groups excluding carboxylic acids is 1. The number of likely N-dealkylation sites (tertiary alicyclic amines) is 1. The van der Waals surface area contributed by atoms with E-state index in [4.69, 9.17) is 0 Å². The number of nitrogens with one attached hydrogen (secondary N) is 1. The zero-order chi connectivity index (χ0) is 17.1. The standard InChI is InChI=1S/C19H24N4O/c1-13-5-4-10-23(12-13)18(24)17-8-9-20-19(22-17)21-16-7-6-14(2)15(3)11-16/h6-9,11,13H,4-5,10,12H2,1-3H3,(H,20,21,22). The van der Waals surface area contributed by atoms with Gasteiger partial charge in [0.15, 0.2) is 0 Å². The van der Waals surface area contributed by atoms with Gasteiger partial charge in [-0.05, 0) is 61.9 Å². The summed E-state index contributed by atoms with van der Waals surface area (Å²) in [6.45, 7) is 7.95. The van der Waals surface area contributed by atoms with Gasteiger partial charge in [0.05, 0.1) is 0 Å². The lowest BCUT2D eigenvalue weighted by molar-refractivity contribution is 0.0677. The Hall–Kier alpha value is -2.43. The number of aryl methyl sites for hydroxylation is 2. The van der Waals surface area contributed by atoms with E-state index in [0.29, 0.717) is 17.6 Å². The van der Waals surface area contributed by atoms with E-state index in [0.717, 1.165) is 25.2 Å². The molecule has 3 rings (SSSR count). The molecule has 1 aliphatic rings. The molecule has 0 saturated carbocycles. The zero-order valence-corrected chi connectivity index (χ0v) is 14.5. The minimum atomic E-state index is -0.00733. The van der Waals surface area contributed by atoms with Crippen LogP contribution in [-0.2, 0) is 0 Å². The molecule has 1 unspecified atom stereocenters. The fraction of sp³-hybridized carbons (Fsp3) is 0.421. The molecule has 1 aliphatic heterocycles. The molecule has 1 aromatic heterocycles. The summed E-state index contributed by atoms with van der Waals surface area (Å²) in [6, 6.07) is 7.79. The van der Waals surface area contributed by atoms with Gasteiger partial charge in [-0.25, -0.2) is 9.97 Å². The lowest BCUT2D eigenvalue weighted by Gasteiger charge is -2.30. The van der Waals surface area contributed by atoms with Crippen LogP contribution in [0.1, 0.15) is 41.4 Å². The van der Waals surface area contributed by atoms with Crippen molar-refractivity contribution in [2.24, 2.45) is 5.92 Å². The van der Waals surface area contributed by atoms with Gasteiger partial charge in [0.2, 0.25) is 5.95 Å². The largest absolute Gasteiger partial charge is 0.337 e. The third kappa shape index (κ3) is 3.72. The highest BCUT2D eigenvalue weighted by Crippen LogP contribution is 2.19. The van der Waals surface area contributed by atoms with Crippen LogP contribution in [0.15, 0.2) is 30.5 Å². The normalized spacial score (nSPS) is 17.6. The number of anilines is 2. The third-order valence-corrected chi connectivity index (χ3v) is 4.58. The molecule has 5 heteroatoms. The van der Waals surface area contributed by atoms with E-state index in [2.05, 4.69) is 48.2 Å². The molecule has 2 aromatic rings. The number of benzene rings is 1.